The summed E-state index contributed by atoms with van der Waals surface area (Å²) in [5, 5.41) is 7.97. The average molecular weight is 419 g/mol. The molecule has 0 bridgehead atoms. The van der Waals surface area contributed by atoms with Gasteiger partial charge in [0.15, 0.2) is 0 Å². The molecule has 4 rings (SSSR count). The number of thiazole rings is 1. The van der Waals surface area contributed by atoms with Gasteiger partial charge in [0.25, 0.3) is 11.5 Å². The van der Waals surface area contributed by atoms with E-state index in [1.54, 1.807) is 11.3 Å². The predicted molar refractivity (Wildman–Crippen MR) is 121 cm³/mol. The van der Waals surface area contributed by atoms with Gasteiger partial charge in [-0.2, -0.15) is 5.10 Å². The number of fused-ring (bicyclic) bond motifs is 1. The zero-order chi connectivity index (χ0) is 21.1. The molecule has 0 aliphatic rings. The maximum Gasteiger partial charge on any atom is 0.276 e. The summed E-state index contributed by atoms with van der Waals surface area (Å²) in [4.78, 5) is 29.1. The van der Waals surface area contributed by atoms with Crippen LogP contribution in [0.15, 0.2) is 59.4 Å². The first-order valence-electron chi connectivity index (χ1n) is 9.90. The van der Waals surface area contributed by atoms with Gasteiger partial charge < -0.3 is 5.32 Å². The molecular formula is C23H22N4O2S. The fourth-order valence-electron chi connectivity index (χ4n) is 3.08. The third-order valence-electron chi connectivity index (χ3n) is 4.76. The van der Waals surface area contributed by atoms with Crippen molar-refractivity contribution in [2.45, 2.75) is 33.2 Å². The van der Waals surface area contributed by atoms with E-state index in [0.717, 1.165) is 33.6 Å². The number of hydrogen-bond acceptors (Lipinski definition) is 5. The molecule has 0 saturated carbocycles. The van der Waals surface area contributed by atoms with Crippen LogP contribution < -0.4 is 10.9 Å². The van der Waals surface area contributed by atoms with Gasteiger partial charge in [0.05, 0.1) is 10.2 Å². The largest absolute Gasteiger partial charge is 0.321 e. The minimum absolute atomic E-state index is 0.199. The van der Waals surface area contributed by atoms with Gasteiger partial charge in [-0.15, -0.1) is 11.3 Å². The second kappa shape index (κ2) is 8.59. The summed E-state index contributed by atoms with van der Waals surface area (Å²) in [6, 6.07) is 16.6. The number of nitrogens with zero attached hydrogens (tertiary/aromatic N) is 3. The van der Waals surface area contributed by atoms with Gasteiger partial charge in [0.1, 0.15) is 10.7 Å². The van der Waals surface area contributed by atoms with Crippen molar-refractivity contribution in [3.63, 3.8) is 0 Å². The van der Waals surface area contributed by atoms with Crippen molar-refractivity contribution in [1.29, 1.82) is 0 Å². The van der Waals surface area contributed by atoms with Crippen LogP contribution in [0.5, 0.6) is 0 Å². The summed E-state index contributed by atoms with van der Waals surface area (Å²) in [6.45, 7) is 4.62. The first kappa shape index (κ1) is 20.0. The molecule has 7 heteroatoms. The maximum atomic E-state index is 12.6. The fourth-order valence-corrected chi connectivity index (χ4v) is 4.15. The summed E-state index contributed by atoms with van der Waals surface area (Å²) >= 11 is 1.65. The standard InChI is InChI=1S/C23H22N4O2S/c1-3-4-13-27-21(28)12-11-19(26-27)22(29)24-17-8-6-16(7-9-17)23-25-18-10-5-15(2)14-20(18)30-23/h5-12,14H,3-4,13H2,1-2H3,(H,24,29). The molecule has 0 aliphatic heterocycles. The Hall–Kier alpha value is -3.32. The fraction of sp³-hybridized carbons (Fsp3) is 0.217. The SMILES string of the molecule is CCCCn1nc(C(=O)Nc2ccc(-c3nc4ccc(C)cc4s3)cc2)ccc1=O. The molecule has 1 N–H and O–H groups in total. The van der Waals surface area contributed by atoms with Crippen molar-refractivity contribution in [3.8, 4) is 10.6 Å². The Balaban J connectivity index is 1.50. The molecule has 0 radical (unpaired) electrons. The number of benzene rings is 2. The van der Waals surface area contributed by atoms with Crippen molar-refractivity contribution in [2.75, 3.05) is 5.32 Å². The van der Waals surface area contributed by atoms with Gasteiger partial charge in [-0.3, -0.25) is 9.59 Å². The molecular weight excluding hydrogens is 396 g/mol. The zero-order valence-electron chi connectivity index (χ0n) is 16.9. The number of anilines is 1. The second-order valence-electron chi connectivity index (χ2n) is 7.16. The van der Waals surface area contributed by atoms with Gasteiger partial charge in [-0.05, 0) is 61.4 Å². The Kier molecular flexibility index (Phi) is 5.72. The Morgan fingerprint density at radius 3 is 2.67 bits per heavy atom. The molecule has 6 nitrogen and oxygen atoms in total. The summed E-state index contributed by atoms with van der Waals surface area (Å²) in [7, 11) is 0. The van der Waals surface area contributed by atoms with Crippen molar-refractivity contribution < 1.29 is 4.79 Å². The molecule has 4 aromatic rings. The highest BCUT2D eigenvalue weighted by Gasteiger charge is 2.11. The van der Waals surface area contributed by atoms with Crippen LogP contribution in [0.2, 0.25) is 0 Å². The molecule has 2 aromatic carbocycles. The van der Waals surface area contributed by atoms with Crippen LogP contribution in [0.25, 0.3) is 20.8 Å². The van der Waals surface area contributed by atoms with E-state index in [0.29, 0.717) is 12.2 Å². The van der Waals surface area contributed by atoms with Crippen LogP contribution in [0, 0.1) is 6.92 Å². The average Bonchev–Trinajstić information content (AvgIpc) is 3.16. The Morgan fingerprint density at radius 2 is 1.90 bits per heavy atom. The zero-order valence-corrected chi connectivity index (χ0v) is 17.7. The highest BCUT2D eigenvalue weighted by molar-refractivity contribution is 7.21. The number of amides is 1. The van der Waals surface area contributed by atoms with Crippen molar-refractivity contribution in [3.05, 3.63) is 76.2 Å². The molecule has 0 spiro atoms. The smallest absolute Gasteiger partial charge is 0.276 e. The van der Waals surface area contributed by atoms with E-state index in [2.05, 4.69) is 29.5 Å². The Morgan fingerprint density at radius 1 is 1.10 bits per heavy atom. The third kappa shape index (κ3) is 4.31. The topological polar surface area (TPSA) is 76.9 Å². The number of hydrogen-bond donors (Lipinski definition) is 1. The lowest BCUT2D eigenvalue weighted by Crippen LogP contribution is -2.26. The maximum absolute atomic E-state index is 12.6. The number of aryl methyl sites for hydroxylation is 2. The summed E-state index contributed by atoms with van der Waals surface area (Å²) in [6.07, 6.45) is 1.79. The van der Waals surface area contributed by atoms with Crippen LogP contribution in [0.3, 0.4) is 0 Å². The van der Waals surface area contributed by atoms with Gasteiger partial charge in [-0.25, -0.2) is 9.67 Å². The van der Waals surface area contributed by atoms with Crippen LogP contribution in [-0.2, 0) is 6.54 Å². The first-order chi connectivity index (χ1) is 14.5. The normalized spacial score (nSPS) is 11.0. The lowest BCUT2D eigenvalue weighted by molar-refractivity contribution is 0.101. The molecule has 0 unspecified atom stereocenters. The number of aromatic nitrogens is 3. The van der Waals surface area contributed by atoms with Crippen LogP contribution in [0.1, 0.15) is 35.8 Å². The van der Waals surface area contributed by atoms with Gasteiger partial charge in [0.2, 0.25) is 0 Å². The van der Waals surface area contributed by atoms with E-state index < -0.39 is 0 Å². The minimum Gasteiger partial charge on any atom is -0.321 e. The monoisotopic (exact) mass is 418 g/mol. The lowest BCUT2D eigenvalue weighted by Gasteiger charge is -2.08. The molecule has 152 valence electrons. The number of carbonyl (C=O) groups excluding carboxylic acids is 1. The molecule has 2 aromatic heterocycles. The second-order valence-corrected chi connectivity index (χ2v) is 8.19. The van der Waals surface area contributed by atoms with Gasteiger partial charge >= 0.3 is 0 Å². The summed E-state index contributed by atoms with van der Waals surface area (Å²) in [5.74, 6) is -0.344. The molecule has 0 aliphatic carbocycles. The highest BCUT2D eigenvalue weighted by atomic mass is 32.1. The molecule has 0 saturated heterocycles. The highest BCUT2D eigenvalue weighted by Crippen LogP contribution is 2.31. The van der Waals surface area contributed by atoms with Gasteiger partial charge in [0, 0.05) is 23.9 Å². The van der Waals surface area contributed by atoms with E-state index >= 15 is 0 Å². The molecule has 1 amide bonds. The van der Waals surface area contributed by atoms with Crippen LogP contribution in [-0.4, -0.2) is 20.7 Å². The molecule has 30 heavy (non-hydrogen) atoms. The van der Waals surface area contributed by atoms with Crippen molar-refractivity contribution in [1.82, 2.24) is 14.8 Å². The number of rotatable bonds is 6. The van der Waals surface area contributed by atoms with E-state index in [4.69, 9.17) is 4.98 Å². The summed E-state index contributed by atoms with van der Waals surface area (Å²) < 4.78 is 2.50. The first-order valence-corrected chi connectivity index (χ1v) is 10.7. The predicted octanol–water partition coefficient (Wildman–Crippen LogP) is 4.88. The van der Waals surface area contributed by atoms with E-state index in [1.165, 1.54) is 22.4 Å². The molecule has 0 atom stereocenters. The van der Waals surface area contributed by atoms with E-state index in [-0.39, 0.29) is 17.2 Å². The van der Waals surface area contributed by atoms with E-state index in [9.17, 15) is 9.59 Å². The van der Waals surface area contributed by atoms with Crippen molar-refractivity contribution >= 4 is 33.1 Å². The van der Waals surface area contributed by atoms with Crippen LogP contribution >= 0.6 is 11.3 Å². The lowest BCUT2D eigenvalue weighted by atomic mass is 10.2. The van der Waals surface area contributed by atoms with Crippen molar-refractivity contribution in [2.24, 2.45) is 0 Å². The molecule has 0 fully saturated rings. The molecule has 2 heterocycles. The quantitative estimate of drug-likeness (QED) is 0.484. The summed E-state index contributed by atoms with van der Waals surface area (Å²) in [5.41, 5.74) is 3.88. The number of nitrogens with one attached hydrogen (secondary N) is 1. The van der Waals surface area contributed by atoms with Crippen LogP contribution in [0.4, 0.5) is 5.69 Å². The Bertz CT molecular complexity index is 1260. The Labute approximate surface area is 178 Å². The van der Waals surface area contributed by atoms with Gasteiger partial charge in [-0.1, -0.05) is 19.4 Å². The number of carbonyl (C=O) groups is 1. The number of unbranched alkanes of at least 4 members (excludes halogenated alkanes) is 1. The third-order valence-corrected chi connectivity index (χ3v) is 5.82. The van der Waals surface area contributed by atoms with E-state index in [1.807, 2.05) is 37.3 Å². The minimum atomic E-state index is -0.344.